The number of halogens is 6. The minimum absolute atomic E-state index is 2.08. The zero-order valence-corrected chi connectivity index (χ0v) is 5.39. The van der Waals surface area contributed by atoms with Gasteiger partial charge >= 0.3 is 0 Å². The van der Waals surface area contributed by atoms with Gasteiger partial charge in [-0.2, -0.15) is 0 Å². The lowest BCUT2D eigenvalue weighted by Crippen LogP contribution is -2.32. The molecule has 0 radical (unpaired) electrons. The molecule has 6 heteroatoms. The zero-order valence-electron chi connectivity index (χ0n) is 5.39. The van der Waals surface area contributed by atoms with Crippen molar-refractivity contribution in [3.8, 4) is 0 Å². The molecule has 0 fully saturated rings. The van der Waals surface area contributed by atoms with Crippen molar-refractivity contribution in [2.24, 2.45) is 0 Å². The van der Waals surface area contributed by atoms with Crippen molar-refractivity contribution < 1.29 is 26.3 Å². The Morgan fingerprint density at radius 3 is 1.18 bits per heavy atom. The minimum atomic E-state index is -4.13. The van der Waals surface area contributed by atoms with Gasteiger partial charge in [0.15, 0.2) is 13.3 Å². The van der Waals surface area contributed by atoms with E-state index in [2.05, 4.69) is 0 Å². The summed E-state index contributed by atoms with van der Waals surface area (Å²) in [5, 5.41) is 0. The summed E-state index contributed by atoms with van der Waals surface area (Å²) >= 11 is 0. The maximum Gasteiger partial charge on any atom is 0.281 e. The van der Waals surface area contributed by atoms with Gasteiger partial charge in [0.25, 0.3) is 11.8 Å². The molecule has 0 aliphatic carbocycles. The lowest BCUT2D eigenvalue weighted by atomic mass is 10.1. The fourth-order valence-electron chi connectivity index (χ4n) is 0.473. The second kappa shape index (κ2) is 3.32. The molecule has 0 spiro atoms. The molecular formula is C5H6F6. The van der Waals surface area contributed by atoms with E-state index >= 15 is 0 Å². The first-order chi connectivity index (χ1) is 4.83. The molecule has 0 aromatic rings. The normalized spacial score (nSPS) is 13.6. The van der Waals surface area contributed by atoms with Gasteiger partial charge in [-0.05, 0) is 0 Å². The van der Waals surface area contributed by atoms with E-state index in [0.29, 0.717) is 0 Å². The SMILES string of the molecule is FCC(F)(F)CC(F)(F)CF. The van der Waals surface area contributed by atoms with Crippen molar-refractivity contribution in [2.75, 3.05) is 13.3 Å². The van der Waals surface area contributed by atoms with Crippen molar-refractivity contribution in [3.05, 3.63) is 0 Å². The summed E-state index contributed by atoms with van der Waals surface area (Å²) in [7, 11) is 0. The molecule has 0 rings (SSSR count). The van der Waals surface area contributed by atoms with Gasteiger partial charge in [-0.15, -0.1) is 0 Å². The van der Waals surface area contributed by atoms with Gasteiger partial charge in [-0.1, -0.05) is 0 Å². The summed E-state index contributed by atoms with van der Waals surface area (Å²) in [6.45, 7) is -4.38. The third-order valence-electron chi connectivity index (χ3n) is 0.908. The molecule has 0 unspecified atom stereocenters. The van der Waals surface area contributed by atoms with E-state index in [1.165, 1.54) is 0 Å². The Morgan fingerprint density at radius 2 is 1.00 bits per heavy atom. The smallest absolute Gasteiger partial charge is 0.244 e. The fraction of sp³-hybridized carbons (Fsp3) is 1.00. The number of alkyl halides is 6. The first kappa shape index (κ1) is 10.6. The third kappa shape index (κ3) is 4.10. The first-order valence-corrected chi connectivity index (χ1v) is 2.70. The van der Waals surface area contributed by atoms with Gasteiger partial charge in [-0.25, -0.2) is 26.3 Å². The standard InChI is InChI=1S/C5H6F6/c6-2-4(8,9)1-5(10,11)3-7/h1-3H2. The highest BCUT2D eigenvalue weighted by Gasteiger charge is 2.43. The summed E-state index contributed by atoms with van der Waals surface area (Å²) in [6, 6.07) is 0. The molecule has 0 nitrogen and oxygen atoms in total. The monoisotopic (exact) mass is 180 g/mol. The van der Waals surface area contributed by atoms with Gasteiger partial charge in [0.1, 0.15) is 0 Å². The summed E-state index contributed by atoms with van der Waals surface area (Å²) in [5.41, 5.74) is 0. The molecule has 0 bridgehead atoms. The van der Waals surface area contributed by atoms with Crippen molar-refractivity contribution in [2.45, 2.75) is 18.3 Å². The fourth-order valence-corrected chi connectivity index (χ4v) is 0.473. The topological polar surface area (TPSA) is 0 Å². The van der Waals surface area contributed by atoms with Crippen LogP contribution in [0.1, 0.15) is 6.42 Å². The molecule has 0 heterocycles. The quantitative estimate of drug-likeness (QED) is 0.583. The van der Waals surface area contributed by atoms with Crippen LogP contribution in [0.2, 0.25) is 0 Å². The van der Waals surface area contributed by atoms with Crippen molar-refractivity contribution in [1.29, 1.82) is 0 Å². The van der Waals surface area contributed by atoms with Crippen LogP contribution in [-0.2, 0) is 0 Å². The molecular weight excluding hydrogens is 174 g/mol. The van der Waals surface area contributed by atoms with Crippen LogP contribution in [0.15, 0.2) is 0 Å². The van der Waals surface area contributed by atoms with E-state index < -0.39 is 31.6 Å². The van der Waals surface area contributed by atoms with Gasteiger partial charge in [0.2, 0.25) is 0 Å². The highest BCUT2D eigenvalue weighted by Crippen LogP contribution is 2.30. The Labute approximate surface area is 59.2 Å². The lowest BCUT2D eigenvalue weighted by Gasteiger charge is -2.17. The highest BCUT2D eigenvalue weighted by atomic mass is 19.3. The van der Waals surface area contributed by atoms with Crippen LogP contribution < -0.4 is 0 Å². The number of rotatable bonds is 4. The summed E-state index contributed by atoms with van der Waals surface area (Å²) in [4.78, 5) is 0. The van der Waals surface area contributed by atoms with E-state index in [1.54, 1.807) is 0 Å². The molecule has 11 heavy (non-hydrogen) atoms. The largest absolute Gasteiger partial charge is 0.281 e. The lowest BCUT2D eigenvalue weighted by molar-refractivity contribution is -0.127. The first-order valence-electron chi connectivity index (χ1n) is 2.70. The summed E-state index contributed by atoms with van der Waals surface area (Å²) in [6.07, 6.45) is -2.08. The zero-order chi connectivity index (χ0) is 9.12. The van der Waals surface area contributed by atoms with Crippen LogP contribution in [0.4, 0.5) is 26.3 Å². The maximum absolute atomic E-state index is 11.8. The van der Waals surface area contributed by atoms with Gasteiger partial charge < -0.3 is 0 Å². The predicted molar refractivity (Wildman–Crippen MR) is 26.5 cm³/mol. The molecule has 0 saturated carbocycles. The highest BCUT2D eigenvalue weighted by molar-refractivity contribution is 4.76. The Hall–Kier alpha value is -0.420. The molecule has 0 aromatic carbocycles. The van der Waals surface area contributed by atoms with E-state index in [9.17, 15) is 26.3 Å². The van der Waals surface area contributed by atoms with E-state index in [0.717, 1.165) is 0 Å². The third-order valence-corrected chi connectivity index (χ3v) is 0.908. The Morgan fingerprint density at radius 1 is 0.727 bits per heavy atom. The maximum atomic E-state index is 11.8. The number of hydrogen-bond donors (Lipinski definition) is 0. The average molecular weight is 180 g/mol. The van der Waals surface area contributed by atoms with E-state index in [4.69, 9.17) is 0 Å². The second-order valence-corrected chi connectivity index (χ2v) is 2.16. The van der Waals surface area contributed by atoms with Crippen LogP contribution in [-0.4, -0.2) is 25.2 Å². The van der Waals surface area contributed by atoms with Crippen molar-refractivity contribution >= 4 is 0 Å². The minimum Gasteiger partial charge on any atom is -0.244 e. The van der Waals surface area contributed by atoms with Crippen LogP contribution in [0.3, 0.4) is 0 Å². The predicted octanol–water partition coefficient (Wildman–Crippen LogP) is 2.59. The molecule has 0 N–H and O–H groups in total. The van der Waals surface area contributed by atoms with Crippen LogP contribution in [0.25, 0.3) is 0 Å². The van der Waals surface area contributed by atoms with Gasteiger partial charge in [0, 0.05) is 0 Å². The summed E-state index contributed by atoms with van der Waals surface area (Å²) < 4.78 is 69.7. The van der Waals surface area contributed by atoms with Crippen LogP contribution in [0.5, 0.6) is 0 Å². The van der Waals surface area contributed by atoms with Crippen LogP contribution >= 0.6 is 0 Å². The molecule has 0 aromatic heterocycles. The molecule has 0 aliphatic rings. The molecule has 68 valence electrons. The molecule has 0 atom stereocenters. The molecule has 0 aliphatic heterocycles. The van der Waals surface area contributed by atoms with Gasteiger partial charge in [0.05, 0.1) is 6.42 Å². The van der Waals surface area contributed by atoms with E-state index in [1.807, 2.05) is 0 Å². The molecule has 0 amide bonds. The molecule has 0 saturated heterocycles. The van der Waals surface area contributed by atoms with Crippen molar-refractivity contribution in [1.82, 2.24) is 0 Å². The Kier molecular flexibility index (Phi) is 3.19. The second-order valence-electron chi connectivity index (χ2n) is 2.16. The van der Waals surface area contributed by atoms with Gasteiger partial charge in [-0.3, -0.25) is 0 Å². The number of hydrogen-bond acceptors (Lipinski definition) is 0. The van der Waals surface area contributed by atoms with Crippen molar-refractivity contribution in [3.63, 3.8) is 0 Å². The van der Waals surface area contributed by atoms with Crippen LogP contribution in [0, 0.1) is 0 Å². The Bertz CT molecular complexity index is 106. The van der Waals surface area contributed by atoms with E-state index in [-0.39, 0.29) is 0 Å². The average Bonchev–Trinajstić information content (AvgIpc) is 1.86. The Balaban J connectivity index is 4.02. The summed E-state index contributed by atoms with van der Waals surface area (Å²) in [5.74, 6) is -8.26.